The minimum Gasteiger partial charge on any atom is -0.348 e. The maximum absolute atomic E-state index is 11.9. The number of hydrogen-bond donors (Lipinski definition) is 2. The number of aryl methyl sites for hydroxylation is 1. The van der Waals surface area contributed by atoms with Gasteiger partial charge in [-0.25, -0.2) is 4.98 Å². The Morgan fingerprint density at radius 1 is 1.00 bits per heavy atom. The number of amides is 2. The lowest BCUT2D eigenvalue weighted by molar-refractivity contribution is -0.136. The van der Waals surface area contributed by atoms with Gasteiger partial charge in [0, 0.05) is 41.8 Å². The number of imidazole rings is 1. The molecule has 3 aromatic rings. The average molecular weight is 383 g/mol. The van der Waals surface area contributed by atoms with Crippen LogP contribution in [0.5, 0.6) is 0 Å². The number of aromatic nitrogens is 2. The molecule has 6 nitrogen and oxygen atoms in total. The van der Waals surface area contributed by atoms with E-state index in [1.807, 2.05) is 41.1 Å². The van der Waals surface area contributed by atoms with E-state index in [4.69, 9.17) is 11.6 Å². The molecule has 0 aliphatic heterocycles. The third kappa shape index (κ3) is 5.18. The first-order valence-electron chi connectivity index (χ1n) is 8.55. The highest BCUT2D eigenvalue weighted by atomic mass is 35.5. The fourth-order valence-electron chi connectivity index (χ4n) is 2.59. The van der Waals surface area contributed by atoms with Crippen molar-refractivity contribution < 1.29 is 9.59 Å². The van der Waals surface area contributed by atoms with Gasteiger partial charge in [-0.2, -0.15) is 0 Å². The van der Waals surface area contributed by atoms with Gasteiger partial charge in [0.1, 0.15) is 5.82 Å². The minimum atomic E-state index is -0.704. The van der Waals surface area contributed by atoms with Crippen molar-refractivity contribution in [1.82, 2.24) is 14.9 Å². The Hall–Kier alpha value is -3.12. The van der Waals surface area contributed by atoms with E-state index in [0.717, 1.165) is 11.4 Å². The first kappa shape index (κ1) is 18.7. The fraction of sp³-hybridized carbons (Fsp3) is 0.150. The zero-order valence-electron chi connectivity index (χ0n) is 14.6. The van der Waals surface area contributed by atoms with Crippen LogP contribution < -0.4 is 10.6 Å². The molecule has 1 heterocycles. The molecule has 2 N–H and O–H groups in total. The summed E-state index contributed by atoms with van der Waals surface area (Å²) in [6, 6.07) is 16.5. The highest BCUT2D eigenvalue weighted by molar-refractivity contribution is 6.39. The third-order valence-electron chi connectivity index (χ3n) is 3.92. The molecular formula is C20H19ClN4O2. The molecule has 0 fully saturated rings. The molecule has 0 radical (unpaired) electrons. The third-order valence-corrected chi connectivity index (χ3v) is 4.17. The van der Waals surface area contributed by atoms with E-state index in [1.165, 1.54) is 0 Å². The molecule has 0 unspecified atom stereocenters. The number of carbonyl (C=O) groups is 2. The molecule has 2 amide bonds. The SMILES string of the molecule is O=C(NCCCn1ccnc1-c1ccccc1)C(=O)Nc1ccc(Cl)cc1. The van der Waals surface area contributed by atoms with Crippen LogP contribution in [0.15, 0.2) is 67.0 Å². The van der Waals surface area contributed by atoms with E-state index in [9.17, 15) is 9.59 Å². The predicted octanol–water partition coefficient (Wildman–Crippen LogP) is 3.35. The summed E-state index contributed by atoms with van der Waals surface area (Å²) in [6.45, 7) is 1.07. The lowest BCUT2D eigenvalue weighted by Gasteiger charge is -2.09. The van der Waals surface area contributed by atoms with E-state index >= 15 is 0 Å². The molecular weight excluding hydrogens is 364 g/mol. The molecule has 0 aliphatic carbocycles. The standard InChI is InChI=1S/C20H19ClN4O2/c21-16-7-9-17(10-8-16)24-20(27)19(26)23-11-4-13-25-14-12-22-18(25)15-5-2-1-3-6-15/h1-3,5-10,12,14H,4,11,13H2,(H,23,26)(H,24,27). The Morgan fingerprint density at radius 2 is 1.74 bits per heavy atom. The van der Waals surface area contributed by atoms with Crippen molar-refractivity contribution in [1.29, 1.82) is 0 Å². The van der Waals surface area contributed by atoms with Gasteiger partial charge >= 0.3 is 11.8 Å². The summed E-state index contributed by atoms with van der Waals surface area (Å²) in [4.78, 5) is 28.2. The largest absolute Gasteiger partial charge is 0.348 e. The van der Waals surface area contributed by atoms with Crippen LogP contribution in [-0.4, -0.2) is 27.9 Å². The Bertz CT molecular complexity index is 907. The smallest absolute Gasteiger partial charge is 0.313 e. The molecule has 138 valence electrons. The number of hydrogen-bond acceptors (Lipinski definition) is 3. The second-order valence-corrected chi connectivity index (χ2v) is 6.32. The fourth-order valence-corrected chi connectivity index (χ4v) is 2.72. The van der Waals surface area contributed by atoms with E-state index < -0.39 is 11.8 Å². The van der Waals surface area contributed by atoms with Gasteiger partial charge in [-0.05, 0) is 30.7 Å². The maximum Gasteiger partial charge on any atom is 0.313 e. The van der Waals surface area contributed by atoms with Crippen LogP contribution in [0.2, 0.25) is 5.02 Å². The van der Waals surface area contributed by atoms with Gasteiger partial charge in [-0.15, -0.1) is 0 Å². The number of nitrogens with zero attached hydrogens (tertiary/aromatic N) is 2. The van der Waals surface area contributed by atoms with E-state index in [1.54, 1.807) is 30.5 Å². The average Bonchev–Trinajstić information content (AvgIpc) is 3.16. The number of benzene rings is 2. The number of rotatable bonds is 6. The summed E-state index contributed by atoms with van der Waals surface area (Å²) in [7, 11) is 0. The molecule has 1 aromatic heterocycles. The van der Waals surface area contributed by atoms with Crippen molar-refractivity contribution in [3.63, 3.8) is 0 Å². The minimum absolute atomic E-state index is 0.388. The van der Waals surface area contributed by atoms with Crippen LogP contribution in [0.1, 0.15) is 6.42 Å². The predicted molar refractivity (Wildman–Crippen MR) is 105 cm³/mol. The Kier molecular flexibility index (Phi) is 6.22. The lowest BCUT2D eigenvalue weighted by atomic mass is 10.2. The first-order valence-corrected chi connectivity index (χ1v) is 8.92. The molecule has 27 heavy (non-hydrogen) atoms. The van der Waals surface area contributed by atoms with Crippen LogP contribution in [0.25, 0.3) is 11.4 Å². The second-order valence-electron chi connectivity index (χ2n) is 5.88. The molecule has 7 heteroatoms. The molecule has 2 aromatic carbocycles. The van der Waals surface area contributed by atoms with Crippen molar-refractivity contribution in [3.8, 4) is 11.4 Å². The van der Waals surface area contributed by atoms with Gasteiger partial charge in [0.15, 0.2) is 0 Å². The van der Waals surface area contributed by atoms with Gasteiger partial charge in [-0.3, -0.25) is 9.59 Å². The maximum atomic E-state index is 11.9. The van der Waals surface area contributed by atoms with E-state index in [-0.39, 0.29) is 0 Å². The van der Waals surface area contributed by atoms with Crippen LogP contribution in [0.4, 0.5) is 5.69 Å². The first-order chi connectivity index (χ1) is 13.1. The van der Waals surface area contributed by atoms with Gasteiger partial charge < -0.3 is 15.2 Å². The molecule has 0 bridgehead atoms. The van der Waals surface area contributed by atoms with Crippen molar-refractivity contribution in [2.75, 3.05) is 11.9 Å². The molecule has 0 spiro atoms. The van der Waals surface area contributed by atoms with Crippen LogP contribution in [0.3, 0.4) is 0 Å². The highest BCUT2D eigenvalue weighted by Crippen LogP contribution is 2.17. The van der Waals surface area contributed by atoms with Crippen molar-refractivity contribution in [2.45, 2.75) is 13.0 Å². The summed E-state index contributed by atoms with van der Waals surface area (Å²) in [5.74, 6) is -0.494. The summed E-state index contributed by atoms with van der Waals surface area (Å²) >= 11 is 5.79. The van der Waals surface area contributed by atoms with Crippen LogP contribution in [0, 0.1) is 0 Å². The summed E-state index contributed by atoms with van der Waals surface area (Å²) in [5, 5.41) is 5.72. The molecule has 0 atom stereocenters. The highest BCUT2D eigenvalue weighted by Gasteiger charge is 2.13. The second kappa shape index (κ2) is 9.00. The monoisotopic (exact) mass is 382 g/mol. The lowest BCUT2D eigenvalue weighted by Crippen LogP contribution is -2.36. The van der Waals surface area contributed by atoms with Gasteiger partial charge in [0.25, 0.3) is 0 Å². The van der Waals surface area contributed by atoms with Gasteiger partial charge in [0.2, 0.25) is 0 Å². The zero-order valence-corrected chi connectivity index (χ0v) is 15.3. The van der Waals surface area contributed by atoms with Gasteiger partial charge in [0.05, 0.1) is 0 Å². The van der Waals surface area contributed by atoms with Crippen LogP contribution in [-0.2, 0) is 16.1 Å². The van der Waals surface area contributed by atoms with E-state index in [0.29, 0.717) is 30.2 Å². The molecule has 0 aliphatic rings. The number of carbonyl (C=O) groups excluding carboxylic acids is 2. The van der Waals surface area contributed by atoms with Crippen molar-refractivity contribution >= 4 is 29.1 Å². The summed E-state index contributed by atoms with van der Waals surface area (Å²) in [5.41, 5.74) is 1.55. The Labute approximate surface area is 162 Å². The number of anilines is 1. The molecule has 3 rings (SSSR count). The van der Waals surface area contributed by atoms with Crippen molar-refractivity contribution in [3.05, 3.63) is 72.0 Å². The Morgan fingerprint density at radius 3 is 2.48 bits per heavy atom. The topological polar surface area (TPSA) is 76.0 Å². The number of nitrogens with one attached hydrogen (secondary N) is 2. The molecule has 0 saturated heterocycles. The quantitative estimate of drug-likeness (QED) is 0.507. The van der Waals surface area contributed by atoms with Gasteiger partial charge in [-0.1, -0.05) is 41.9 Å². The summed E-state index contributed by atoms with van der Waals surface area (Å²) in [6.07, 6.45) is 4.33. The number of halogens is 1. The summed E-state index contributed by atoms with van der Waals surface area (Å²) < 4.78 is 2.02. The zero-order chi connectivity index (χ0) is 19.1. The van der Waals surface area contributed by atoms with E-state index in [2.05, 4.69) is 15.6 Å². The molecule has 0 saturated carbocycles. The van der Waals surface area contributed by atoms with Crippen molar-refractivity contribution in [2.24, 2.45) is 0 Å². The van der Waals surface area contributed by atoms with Crippen LogP contribution >= 0.6 is 11.6 Å². The Balaban J connectivity index is 1.45. The normalized spacial score (nSPS) is 10.4.